The highest BCUT2D eigenvalue weighted by molar-refractivity contribution is 6.30. The molecule has 0 saturated carbocycles. The molecule has 0 bridgehead atoms. The number of halogens is 1. The van der Waals surface area contributed by atoms with Crippen LogP contribution in [-0.2, 0) is 0 Å². The SMILES string of the molecule is COc1ccc(N)c(Oc2ncc(Cl)cn2)c1. The lowest BCUT2D eigenvalue weighted by Gasteiger charge is -2.08. The van der Waals surface area contributed by atoms with Crippen molar-refractivity contribution in [1.29, 1.82) is 0 Å². The van der Waals surface area contributed by atoms with Gasteiger partial charge in [-0.3, -0.25) is 0 Å². The molecule has 0 fully saturated rings. The van der Waals surface area contributed by atoms with E-state index in [1.54, 1.807) is 25.3 Å². The van der Waals surface area contributed by atoms with Gasteiger partial charge in [-0.2, -0.15) is 0 Å². The van der Waals surface area contributed by atoms with E-state index < -0.39 is 0 Å². The average Bonchev–Trinajstić information content (AvgIpc) is 2.35. The standard InChI is InChI=1S/C11H10ClN3O2/c1-16-8-2-3-9(13)10(4-8)17-11-14-5-7(12)6-15-11/h2-6H,13H2,1H3. The molecule has 2 aromatic rings. The molecule has 0 aliphatic rings. The predicted molar refractivity (Wildman–Crippen MR) is 64.5 cm³/mol. The molecule has 88 valence electrons. The van der Waals surface area contributed by atoms with Crippen LogP contribution in [0.2, 0.25) is 5.02 Å². The summed E-state index contributed by atoms with van der Waals surface area (Å²) in [6, 6.07) is 5.26. The lowest BCUT2D eigenvalue weighted by atomic mass is 10.3. The monoisotopic (exact) mass is 251 g/mol. The van der Waals surface area contributed by atoms with Crippen LogP contribution in [0.3, 0.4) is 0 Å². The first-order chi connectivity index (χ1) is 8.19. The van der Waals surface area contributed by atoms with Crippen molar-refractivity contribution in [2.45, 2.75) is 0 Å². The molecule has 0 aliphatic carbocycles. The van der Waals surface area contributed by atoms with E-state index in [-0.39, 0.29) is 6.01 Å². The minimum atomic E-state index is 0.175. The second-order valence-electron chi connectivity index (χ2n) is 3.19. The van der Waals surface area contributed by atoms with Crippen LogP contribution in [0.25, 0.3) is 0 Å². The highest BCUT2D eigenvalue weighted by atomic mass is 35.5. The van der Waals surface area contributed by atoms with Crippen LogP contribution in [-0.4, -0.2) is 17.1 Å². The van der Waals surface area contributed by atoms with Gasteiger partial charge in [0.15, 0.2) is 5.75 Å². The fourth-order valence-corrected chi connectivity index (χ4v) is 1.28. The second-order valence-corrected chi connectivity index (χ2v) is 3.63. The summed E-state index contributed by atoms with van der Waals surface area (Å²) in [6.45, 7) is 0. The Balaban J connectivity index is 2.25. The number of aromatic nitrogens is 2. The number of benzene rings is 1. The number of rotatable bonds is 3. The van der Waals surface area contributed by atoms with Crippen molar-refractivity contribution in [2.75, 3.05) is 12.8 Å². The van der Waals surface area contributed by atoms with Gasteiger partial charge in [-0.25, -0.2) is 9.97 Å². The van der Waals surface area contributed by atoms with Crippen molar-refractivity contribution in [1.82, 2.24) is 9.97 Å². The van der Waals surface area contributed by atoms with E-state index in [4.69, 9.17) is 26.8 Å². The number of hydrogen-bond acceptors (Lipinski definition) is 5. The number of ether oxygens (including phenoxy) is 2. The fourth-order valence-electron chi connectivity index (χ4n) is 1.18. The number of methoxy groups -OCH3 is 1. The van der Waals surface area contributed by atoms with Crippen LogP contribution in [0, 0.1) is 0 Å². The molecule has 1 aromatic heterocycles. The molecule has 0 aliphatic heterocycles. The maximum atomic E-state index is 5.76. The smallest absolute Gasteiger partial charge is 0.322 e. The van der Waals surface area contributed by atoms with Gasteiger partial charge < -0.3 is 15.2 Å². The van der Waals surface area contributed by atoms with Crippen LogP contribution < -0.4 is 15.2 Å². The first-order valence-electron chi connectivity index (χ1n) is 4.78. The van der Waals surface area contributed by atoms with Gasteiger partial charge in [0.25, 0.3) is 0 Å². The van der Waals surface area contributed by atoms with E-state index in [0.717, 1.165) is 0 Å². The molecule has 1 heterocycles. The van der Waals surface area contributed by atoms with E-state index in [2.05, 4.69) is 9.97 Å². The van der Waals surface area contributed by atoms with Crippen molar-refractivity contribution < 1.29 is 9.47 Å². The Labute approximate surface area is 103 Å². The summed E-state index contributed by atoms with van der Waals surface area (Å²) in [5, 5.41) is 0.441. The maximum Gasteiger partial charge on any atom is 0.322 e. The minimum Gasteiger partial charge on any atom is -0.497 e. The summed E-state index contributed by atoms with van der Waals surface area (Å²) in [5.41, 5.74) is 6.24. The molecule has 6 heteroatoms. The molecule has 0 atom stereocenters. The summed E-state index contributed by atoms with van der Waals surface area (Å²) >= 11 is 5.67. The molecule has 0 amide bonds. The highest BCUT2D eigenvalue weighted by Crippen LogP contribution is 2.29. The quantitative estimate of drug-likeness (QED) is 0.849. The Morgan fingerprint density at radius 2 is 1.94 bits per heavy atom. The molecule has 0 radical (unpaired) electrons. The summed E-state index contributed by atoms with van der Waals surface area (Å²) < 4.78 is 10.5. The predicted octanol–water partition coefficient (Wildman–Crippen LogP) is 2.51. The van der Waals surface area contributed by atoms with E-state index >= 15 is 0 Å². The normalized spacial score (nSPS) is 10.0. The van der Waals surface area contributed by atoms with Crippen molar-refractivity contribution in [3.8, 4) is 17.5 Å². The lowest BCUT2D eigenvalue weighted by molar-refractivity contribution is 0.405. The maximum absolute atomic E-state index is 5.76. The van der Waals surface area contributed by atoms with Crippen molar-refractivity contribution in [3.05, 3.63) is 35.6 Å². The van der Waals surface area contributed by atoms with Gasteiger partial charge in [0.05, 0.1) is 30.2 Å². The fraction of sp³-hybridized carbons (Fsp3) is 0.0909. The van der Waals surface area contributed by atoms with Gasteiger partial charge in [-0.05, 0) is 12.1 Å². The molecule has 0 unspecified atom stereocenters. The van der Waals surface area contributed by atoms with Crippen LogP contribution in [0.15, 0.2) is 30.6 Å². The lowest BCUT2D eigenvalue weighted by Crippen LogP contribution is -1.96. The van der Waals surface area contributed by atoms with Crippen molar-refractivity contribution in [2.24, 2.45) is 0 Å². The Hall–Kier alpha value is -2.01. The average molecular weight is 252 g/mol. The third-order valence-corrected chi connectivity index (χ3v) is 2.21. The zero-order valence-corrected chi connectivity index (χ0v) is 9.81. The Morgan fingerprint density at radius 3 is 2.59 bits per heavy atom. The van der Waals surface area contributed by atoms with E-state index in [0.29, 0.717) is 22.2 Å². The number of nitrogens with zero attached hydrogens (tertiary/aromatic N) is 2. The van der Waals surface area contributed by atoms with Gasteiger partial charge >= 0.3 is 6.01 Å². The van der Waals surface area contributed by atoms with E-state index in [1.165, 1.54) is 12.4 Å². The largest absolute Gasteiger partial charge is 0.497 e. The number of nitrogen functional groups attached to an aromatic ring is 1. The van der Waals surface area contributed by atoms with E-state index in [1.807, 2.05) is 0 Å². The summed E-state index contributed by atoms with van der Waals surface area (Å²) in [4.78, 5) is 7.82. The number of nitrogens with two attached hydrogens (primary N) is 1. The van der Waals surface area contributed by atoms with Gasteiger partial charge in [-0.15, -0.1) is 0 Å². The van der Waals surface area contributed by atoms with E-state index in [9.17, 15) is 0 Å². The van der Waals surface area contributed by atoms with Crippen LogP contribution >= 0.6 is 11.6 Å². The van der Waals surface area contributed by atoms with Gasteiger partial charge in [-0.1, -0.05) is 11.6 Å². The Morgan fingerprint density at radius 1 is 1.24 bits per heavy atom. The number of anilines is 1. The highest BCUT2D eigenvalue weighted by Gasteiger charge is 2.06. The molecular formula is C11H10ClN3O2. The zero-order chi connectivity index (χ0) is 12.3. The molecular weight excluding hydrogens is 242 g/mol. The third-order valence-electron chi connectivity index (χ3n) is 2.02. The van der Waals surface area contributed by atoms with Crippen LogP contribution in [0.5, 0.6) is 17.5 Å². The van der Waals surface area contributed by atoms with Gasteiger partial charge in [0.2, 0.25) is 0 Å². The van der Waals surface area contributed by atoms with Crippen molar-refractivity contribution >= 4 is 17.3 Å². The Bertz CT molecular complexity index is 517. The first kappa shape index (κ1) is 11.5. The topological polar surface area (TPSA) is 70.3 Å². The molecule has 1 aromatic carbocycles. The third kappa shape index (κ3) is 2.76. The minimum absolute atomic E-state index is 0.175. The molecule has 2 rings (SSSR count). The molecule has 0 spiro atoms. The molecule has 2 N–H and O–H groups in total. The van der Waals surface area contributed by atoms with Crippen molar-refractivity contribution in [3.63, 3.8) is 0 Å². The van der Waals surface area contributed by atoms with Crippen LogP contribution in [0.4, 0.5) is 5.69 Å². The summed E-state index contributed by atoms with van der Waals surface area (Å²) in [7, 11) is 1.56. The second kappa shape index (κ2) is 4.88. The molecule has 17 heavy (non-hydrogen) atoms. The zero-order valence-electron chi connectivity index (χ0n) is 9.05. The van der Waals surface area contributed by atoms with Crippen LogP contribution in [0.1, 0.15) is 0 Å². The molecule has 5 nitrogen and oxygen atoms in total. The summed E-state index contributed by atoms with van der Waals surface area (Å²) in [6.07, 6.45) is 2.89. The van der Waals surface area contributed by atoms with Gasteiger partial charge in [0, 0.05) is 6.07 Å². The van der Waals surface area contributed by atoms with Gasteiger partial charge in [0.1, 0.15) is 5.75 Å². The molecule has 0 saturated heterocycles. The Kier molecular flexibility index (Phi) is 3.30. The first-order valence-corrected chi connectivity index (χ1v) is 5.16. The summed E-state index contributed by atoms with van der Waals surface area (Å²) in [5.74, 6) is 1.08. The number of hydrogen-bond donors (Lipinski definition) is 1.